The Morgan fingerprint density at radius 1 is 0.469 bits per heavy atom. The molecule has 5 aromatic rings. The lowest BCUT2D eigenvalue weighted by Crippen LogP contribution is -2.08. The maximum absolute atomic E-state index is 3.21. The van der Waals surface area contributed by atoms with Crippen LogP contribution in [-0.4, -0.2) is 7.05 Å². The third-order valence-corrected chi connectivity index (χ3v) is 8.99. The molecule has 0 saturated heterocycles. The Morgan fingerprint density at radius 3 is 1.29 bits per heavy atom. The number of hydrogen-bond acceptors (Lipinski definition) is 1. The van der Waals surface area contributed by atoms with Crippen LogP contribution >= 0.6 is 0 Å². The molecule has 0 atom stereocenters. The Labute approximate surface area is 300 Å². The number of unbranched alkanes of at least 4 members (excludes halogenated alkanes) is 4. The maximum atomic E-state index is 3.21. The fourth-order valence-corrected chi connectivity index (χ4v) is 5.65. The largest absolute Gasteiger partial charge is 0.388 e. The van der Waals surface area contributed by atoms with Crippen LogP contribution in [-0.2, 0) is 25.7 Å². The van der Waals surface area contributed by atoms with Gasteiger partial charge in [0.05, 0.1) is 0 Å². The molecule has 0 unspecified atom stereocenters. The monoisotopic (exact) mass is 653 g/mol. The normalized spacial score (nSPS) is 10.9. The fraction of sp³-hybridized carbons (Fsp3) is 0.375. The highest BCUT2D eigenvalue weighted by Gasteiger charge is 2.12. The van der Waals surface area contributed by atoms with Gasteiger partial charge in [-0.1, -0.05) is 174 Å². The summed E-state index contributed by atoms with van der Waals surface area (Å²) in [5, 5.41) is 3.21. The quantitative estimate of drug-likeness (QED) is 0.140. The van der Waals surface area contributed by atoms with Gasteiger partial charge in [0.25, 0.3) is 0 Å². The van der Waals surface area contributed by atoms with Crippen LogP contribution in [0.1, 0.15) is 106 Å². The van der Waals surface area contributed by atoms with E-state index in [4.69, 9.17) is 0 Å². The number of hydrogen-bond donors (Lipinski definition) is 1. The molecule has 0 heterocycles. The molecule has 0 bridgehead atoms. The predicted molar refractivity (Wildman–Crippen MR) is 219 cm³/mol. The molecule has 49 heavy (non-hydrogen) atoms. The van der Waals surface area contributed by atoms with E-state index in [0.29, 0.717) is 0 Å². The highest BCUT2D eigenvalue weighted by molar-refractivity contribution is 5.70. The summed E-state index contributed by atoms with van der Waals surface area (Å²) in [6.07, 6.45) is 14.3. The zero-order valence-corrected chi connectivity index (χ0v) is 31.7. The molecule has 5 aromatic carbocycles. The zero-order chi connectivity index (χ0) is 35.3. The Bertz CT molecular complexity index is 1530. The van der Waals surface area contributed by atoms with Crippen LogP contribution in [0.15, 0.2) is 115 Å². The molecule has 1 aliphatic rings. The molecule has 1 aliphatic carbocycles. The van der Waals surface area contributed by atoms with Gasteiger partial charge in [0, 0.05) is 12.7 Å². The van der Waals surface area contributed by atoms with Crippen molar-refractivity contribution >= 4 is 5.69 Å². The third kappa shape index (κ3) is 14.1. The first-order valence-corrected chi connectivity index (χ1v) is 19.0. The van der Waals surface area contributed by atoms with Crippen molar-refractivity contribution in [2.75, 3.05) is 12.4 Å². The molecular formula is C48H63N. The first kappa shape index (κ1) is 39.3. The van der Waals surface area contributed by atoms with Crippen LogP contribution in [0.25, 0.3) is 22.3 Å². The minimum atomic E-state index is 1.20. The van der Waals surface area contributed by atoms with Crippen LogP contribution < -0.4 is 5.32 Å². The molecule has 0 aromatic heterocycles. The summed E-state index contributed by atoms with van der Waals surface area (Å²) in [6.45, 7) is 12.8. The van der Waals surface area contributed by atoms with Crippen LogP contribution in [0.3, 0.4) is 0 Å². The Hall–Kier alpha value is -4.10. The first-order valence-electron chi connectivity index (χ1n) is 19.0. The van der Waals surface area contributed by atoms with Crippen LogP contribution in [0.5, 0.6) is 0 Å². The third-order valence-electron chi connectivity index (χ3n) is 8.99. The molecule has 6 rings (SSSR count). The first-order chi connectivity index (χ1) is 23.9. The summed E-state index contributed by atoms with van der Waals surface area (Å²) in [5.74, 6) is 0. The van der Waals surface area contributed by atoms with E-state index >= 15 is 0 Å². The van der Waals surface area contributed by atoms with Crippen LogP contribution in [0, 0.1) is 13.8 Å². The van der Waals surface area contributed by atoms with Gasteiger partial charge in [-0.3, -0.25) is 0 Å². The predicted octanol–water partition coefficient (Wildman–Crippen LogP) is 14.0. The Kier molecular flexibility index (Phi) is 18.1. The molecule has 0 spiro atoms. The van der Waals surface area contributed by atoms with Gasteiger partial charge < -0.3 is 5.32 Å². The molecule has 260 valence electrons. The zero-order valence-electron chi connectivity index (χ0n) is 31.7. The van der Waals surface area contributed by atoms with E-state index in [-0.39, 0.29) is 0 Å². The van der Waals surface area contributed by atoms with Gasteiger partial charge in [-0.15, -0.1) is 0 Å². The smallest absolute Gasteiger partial charge is 0.0340 e. The minimum absolute atomic E-state index is 1.20. The van der Waals surface area contributed by atoms with Gasteiger partial charge in [-0.05, 0) is 109 Å². The maximum Gasteiger partial charge on any atom is 0.0340 e. The van der Waals surface area contributed by atoms with Gasteiger partial charge in [-0.25, -0.2) is 0 Å². The minimum Gasteiger partial charge on any atom is -0.388 e. The molecule has 1 N–H and O–H groups in total. The number of rotatable bonds is 11. The van der Waals surface area contributed by atoms with Gasteiger partial charge in [-0.2, -0.15) is 0 Å². The molecule has 0 radical (unpaired) electrons. The van der Waals surface area contributed by atoms with E-state index in [1.165, 1.54) is 115 Å². The van der Waals surface area contributed by atoms with E-state index < -0.39 is 0 Å². The molecule has 1 heteroatoms. The van der Waals surface area contributed by atoms with E-state index in [1.807, 2.05) is 7.05 Å². The summed E-state index contributed by atoms with van der Waals surface area (Å²) >= 11 is 0. The van der Waals surface area contributed by atoms with Crippen molar-refractivity contribution in [3.63, 3.8) is 0 Å². The summed E-state index contributed by atoms with van der Waals surface area (Å²) in [5.41, 5.74) is 15.1. The number of fused-ring (bicyclic) bond motifs is 1. The van der Waals surface area contributed by atoms with E-state index in [0.717, 1.165) is 0 Å². The summed E-state index contributed by atoms with van der Waals surface area (Å²) < 4.78 is 0. The second kappa shape index (κ2) is 22.5. The van der Waals surface area contributed by atoms with Crippen molar-refractivity contribution in [3.05, 3.63) is 149 Å². The standard InChI is InChI=1S/C21H27N.C20H18.C4H10.C3H8/c1-22-21-10-6-9-17(16-21)7-4-2-3-5-8-18-11-12-19-13-14-20(19)15-18;1-15-3-7-17(8-4-15)19-11-13-20(14-12-19)18-9-5-16(2)6-10-18;1-3-4-2;1-3-2/h6,9-12,15-16,22H,2-5,7-8,13-14H2,1H3;3-14H,1-2H3;3-4H2,1-2H3;3H2,1-2H3. The number of nitrogens with one attached hydrogen (secondary N) is 1. The van der Waals surface area contributed by atoms with Crippen LogP contribution in [0.4, 0.5) is 5.69 Å². The fourth-order valence-electron chi connectivity index (χ4n) is 5.65. The van der Waals surface area contributed by atoms with Crippen LogP contribution in [0.2, 0.25) is 0 Å². The second-order valence-electron chi connectivity index (χ2n) is 13.5. The topological polar surface area (TPSA) is 12.0 Å². The van der Waals surface area contributed by atoms with Crippen molar-refractivity contribution in [3.8, 4) is 22.3 Å². The second-order valence-corrected chi connectivity index (χ2v) is 13.5. The van der Waals surface area contributed by atoms with Crippen molar-refractivity contribution in [1.82, 2.24) is 0 Å². The van der Waals surface area contributed by atoms with E-state index in [1.54, 1.807) is 16.7 Å². The lowest BCUT2D eigenvalue weighted by molar-refractivity contribution is 0.639. The molecule has 0 fully saturated rings. The number of aryl methyl sites for hydroxylation is 6. The summed E-state index contributed by atoms with van der Waals surface area (Å²) in [7, 11) is 1.98. The van der Waals surface area contributed by atoms with Crippen molar-refractivity contribution < 1.29 is 0 Å². The summed E-state index contributed by atoms with van der Waals surface area (Å²) in [6, 6.07) is 42.0. The number of anilines is 1. The highest BCUT2D eigenvalue weighted by atomic mass is 14.8. The van der Waals surface area contributed by atoms with Gasteiger partial charge in [0.2, 0.25) is 0 Å². The van der Waals surface area contributed by atoms with E-state index in [9.17, 15) is 0 Å². The van der Waals surface area contributed by atoms with Gasteiger partial charge in [0.15, 0.2) is 0 Å². The Balaban J connectivity index is 0.000000224. The SMILES string of the molecule is CCC.CCCC.CNc1cccc(CCCCCCc2ccc3c(c2)CC3)c1.Cc1ccc(-c2ccc(-c3ccc(C)cc3)cc2)cc1. The van der Waals surface area contributed by atoms with Gasteiger partial charge in [0.1, 0.15) is 0 Å². The lowest BCUT2D eigenvalue weighted by atomic mass is 9.86. The van der Waals surface area contributed by atoms with E-state index in [2.05, 4.69) is 162 Å². The molecule has 0 saturated carbocycles. The number of benzene rings is 5. The van der Waals surface area contributed by atoms with Crippen molar-refractivity contribution in [2.45, 2.75) is 112 Å². The molecule has 0 amide bonds. The Morgan fingerprint density at radius 2 is 0.898 bits per heavy atom. The highest BCUT2D eigenvalue weighted by Crippen LogP contribution is 2.26. The van der Waals surface area contributed by atoms with Crippen molar-refractivity contribution in [1.29, 1.82) is 0 Å². The van der Waals surface area contributed by atoms with Gasteiger partial charge >= 0.3 is 0 Å². The molecular weight excluding hydrogens is 591 g/mol. The molecule has 1 nitrogen and oxygen atoms in total. The average molecular weight is 654 g/mol. The summed E-state index contributed by atoms with van der Waals surface area (Å²) in [4.78, 5) is 0. The van der Waals surface area contributed by atoms with Crippen molar-refractivity contribution in [2.24, 2.45) is 0 Å². The average Bonchev–Trinajstić information content (AvgIpc) is 3.12. The molecule has 0 aliphatic heterocycles. The lowest BCUT2D eigenvalue weighted by Gasteiger charge is -2.19.